The number of halogens is 3. The molecule has 0 saturated heterocycles. The quantitative estimate of drug-likeness (QED) is 0.520. The van der Waals surface area contributed by atoms with Gasteiger partial charge in [0, 0.05) is 0 Å². The Bertz CT molecular complexity index is 376. The highest BCUT2D eigenvalue weighted by Crippen LogP contribution is 2.22. The fourth-order valence-corrected chi connectivity index (χ4v) is 2.07. The summed E-state index contributed by atoms with van der Waals surface area (Å²) in [6, 6.07) is 0. The maximum Gasteiger partial charge on any atom is 0.154 e. The second-order valence-corrected chi connectivity index (χ2v) is 4.30. The first-order chi connectivity index (χ1) is 7.41. The minimum absolute atomic E-state index is 0.0844. The molecule has 0 aliphatic rings. The van der Waals surface area contributed by atoms with E-state index in [-0.39, 0.29) is 16.8 Å². The summed E-state index contributed by atoms with van der Waals surface area (Å²) in [6.45, 7) is 3.82. The molecule has 16 heavy (non-hydrogen) atoms. The lowest BCUT2D eigenvalue weighted by Gasteiger charge is -2.18. The van der Waals surface area contributed by atoms with Gasteiger partial charge >= 0.3 is 0 Å². The molecule has 86 valence electrons. The Morgan fingerprint density at radius 2 is 1.50 bits per heavy atom. The molecule has 0 N–H and O–H groups in total. The summed E-state index contributed by atoms with van der Waals surface area (Å²) < 4.78 is 40.6. The van der Waals surface area contributed by atoms with Gasteiger partial charge in [0.15, 0.2) is 11.6 Å². The van der Waals surface area contributed by atoms with Gasteiger partial charge in [-0.2, -0.15) is 0 Å². The molecule has 1 unspecified atom stereocenters. The van der Waals surface area contributed by atoms with Crippen LogP contribution in [-0.2, 0) is 0 Å². The second-order valence-electron chi connectivity index (χ2n) is 4.30. The zero-order valence-electron chi connectivity index (χ0n) is 10.1. The Labute approximate surface area is 96.1 Å². The van der Waals surface area contributed by atoms with Crippen LogP contribution in [0.15, 0.2) is 0 Å². The lowest BCUT2D eigenvalue weighted by atomic mass is 9.78. The zero-order valence-corrected chi connectivity index (χ0v) is 10.1. The summed E-state index contributed by atoms with van der Waals surface area (Å²) in [5, 5.41) is 0. The van der Waals surface area contributed by atoms with Crippen LogP contribution in [0.25, 0.3) is 0 Å². The summed E-state index contributed by atoms with van der Waals surface area (Å²) >= 11 is 0. The zero-order chi connectivity index (χ0) is 12.5. The van der Waals surface area contributed by atoms with Gasteiger partial charge in [0.1, 0.15) is 21.5 Å². The Hall–Kier alpha value is -0.860. The number of benzene rings is 1. The molecule has 0 fully saturated rings. The van der Waals surface area contributed by atoms with Crippen LogP contribution >= 0.6 is 0 Å². The van der Waals surface area contributed by atoms with Crippen molar-refractivity contribution in [3.05, 3.63) is 23.0 Å². The first-order valence-electron chi connectivity index (χ1n) is 5.55. The van der Waals surface area contributed by atoms with Crippen molar-refractivity contribution >= 4 is 26.6 Å². The third-order valence-electron chi connectivity index (χ3n) is 3.04. The van der Waals surface area contributed by atoms with E-state index < -0.39 is 17.5 Å². The van der Waals surface area contributed by atoms with Gasteiger partial charge in [-0.1, -0.05) is 20.3 Å². The highest BCUT2D eigenvalue weighted by atomic mass is 19.2. The molecule has 0 aliphatic heterocycles. The summed E-state index contributed by atoms with van der Waals surface area (Å²) in [4.78, 5) is 0. The molecule has 1 atom stereocenters. The highest BCUT2D eigenvalue weighted by molar-refractivity contribution is 6.36. The van der Waals surface area contributed by atoms with E-state index in [0.717, 1.165) is 12.8 Å². The van der Waals surface area contributed by atoms with Gasteiger partial charge in [-0.15, -0.1) is 0 Å². The molecular weight excluding hydrogens is 211 g/mol. The first-order valence-corrected chi connectivity index (χ1v) is 5.55. The van der Waals surface area contributed by atoms with Crippen LogP contribution in [-0.4, -0.2) is 15.7 Å². The highest BCUT2D eigenvalue weighted by Gasteiger charge is 2.22. The van der Waals surface area contributed by atoms with Crippen LogP contribution in [0.4, 0.5) is 13.2 Å². The molecule has 0 radical (unpaired) electrons. The third kappa shape index (κ3) is 2.13. The van der Waals surface area contributed by atoms with Gasteiger partial charge in [-0.05, 0) is 28.8 Å². The Balaban J connectivity index is 3.39. The lowest BCUT2D eigenvalue weighted by Crippen LogP contribution is -2.30. The monoisotopic (exact) mass is 226 g/mol. The molecule has 0 spiro atoms. The second kappa shape index (κ2) is 4.98. The summed E-state index contributed by atoms with van der Waals surface area (Å²) in [5.41, 5.74) is 0.195. The number of rotatable bonds is 3. The van der Waals surface area contributed by atoms with Gasteiger partial charge in [0.25, 0.3) is 0 Å². The van der Waals surface area contributed by atoms with Crippen LogP contribution in [0.1, 0.15) is 38.2 Å². The topological polar surface area (TPSA) is 0 Å². The molecule has 1 aromatic carbocycles. The molecule has 5 heteroatoms. The van der Waals surface area contributed by atoms with Crippen LogP contribution in [0.3, 0.4) is 0 Å². The van der Waals surface area contributed by atoms with Crippen LogP contribution in [0.2, 0.25) is 0 Å². The van der Waals surface area contributed by atoms with Crippen molar-refractivity contribution in [2.45, 2.75) is 32.6 Å². The van der Waals surface area contributed by atoms with E-state index in [1.165, 1.54) is 15.7 Å². The van der Waals surface area contributed by atoms with Gasteiger partial charge in [-0.25, -0.2) is 13.2 Å². The maximum atomic E-state index is 13.9. The van der Waals surface area contributed by atoms with Crippen molar-refractivity contribution in [1.82, 2.24) is 0 Å². The summed E-state index contributed by atoms with van der Waals surface area (Å²) in [7, 11) is 2.71. The molecule has 0 bridgehead atoms. The van der Waals surface area contributed by atoms with E-state index in [1.807, 2.05) is 13.8 Å². The van der Waals surface area contributed by atoms with Crippen molar-refractivity contribution in [2.75, 3.05) is 0 Å². The van der Waals surface area contributed by atoms with Gasteiger partial charge < -0.3 is 0 Å². The van der Waals surface area contributed by atoms with Crippen LogP contribution in [0.5, 0.6) is 0 Å². The summed E-state index contributed by atoms with van der Waals surface area (Å²) in [5.74, 6) is -2.67. The van der Waals surface area contributed by atoms with E-state index in [9.17, 15) is 13.2 Å². The predicted octanol–water partition coefficient (Wildman–Crippen LogP) is 0.524. The average Bonchev–Trinajstić information content (AvgIpc) is 2.24. The van der Waals surface area contributed by atoms with Crippen molar-refractivity contribution in [2.24, 2.45) is 0 Å². The Morgan fingerprint density at radius 3 is 2.00 bits per heavy atom. The lowest BCUT2D eigenvalue weighted by molar-refractivity contribution is 0.499. The largest absolute Gasteiger partial charge is 0.207 e. The molecule has 0 aromatic heterocycles. The fraction of sp³-hybridized carbons (Fsp3) is 0.455. The van der Waals surface area contributed by atoms with E-state index in [0.29, 0.717) is 5.56 Å². The minimum Gasteiger partial charge on any atom is -0.207 e. The number of hydrogen-bond acceptors (Lipinski definition) is 0. The van der Waals surface area contributed by atoms with Crippen molar-refractivity contribution < 1.29 is 13.2 Å². The molecule has 1 rings (SSSR count). The summed E-state index contributed by atoms with van der Waals surface area (Å²) in [6.07, 6.45) is 1.65. The SMILES string of the molecule is Bc1c(F)c(F)c(B)c(C(C)CCC)c1F. The van der Waals surface area contributed by atoms with Crippen molar-refractivity contribution in [3.63, 3.8) is 0 Å². The first kappa shape index (κ1) is 13.2. The molecule has 0 aliphatic carbocycles. The number of hydrogen-bond donors (Lipinski definition) is 0. The van der Waals surface area contributed by atoms with Gasteiger partial charge in [0.2, 0.25) is 0 Å². The van der Waals surface area contributed by atoms with Crippen molar-refractivity contribution in [3.8, 4) is 0 Å². The molecule has 0 nitrogen and oxygen atoms in total. The third-order valence-corrected chi connectivity index (χ3v) is 3.04. The maximum absolute atomic E-state index is 13.9. The normalized spacial score (nSPS) is 12.8. The average molecular weight is 226 g/mol. The van der Waals surface area contributed by atoms with Gasteiger partial charge in [-0.3, -0.25) is 0 Å². The van der Waals surface area contributed by atoms with Gasteiger partial charge in [0.05, 0.1) is 0 Å². The van der Waals surface area contributed by atoms with E-state index in [1.54, 1.807) is 0 Å². The smallest absolute Gasteiger partial charge is 0.154 e. The Morgan fingerprint density at radius 1 is 1.00 bits per heavy atom. The van der Waals surface area contributed by atoms with Crippen LogP contribution in [0, 0.1) is 17.5 Å². The molecule has 0 saturated carbocycles. The molecular formula is C11H15B2F3. The molecule has 0 heterocycles. The van der Waals surface area contributed by atoms with E-state index in [2.05, 4.69) is 0 Å². The minimum atomic E-state index is -1.07. The van der Waals surface area contributed by atoms with Crippen LogP contribution < -0.4 is 10.9 Å². The standard InChI is InChI=1S/C11H15B2F3/c1-3-4-5(2)6-7(12)10(15)11(16)8(13)9(6)14/h5H,3-4,12-13H2,1-2H3. The Kier molecular flexibility index (Phi) is 4.11. The molecule has 1 aromatic rings. The van der Waals surface area contributed by atoms with Crippen molar-refractivity contribution in [1.29, 1.82) is 0 Å². The molecule has 0 amide bonds. The predicted molar refractivity (Wildman–Crippen MR) is 66.0 cm³/mol. The fourth-order valence-electron chi connectivity index (χ4n) is 2.07. The van der Waals surface area contributed by atoms with E-state index >= 15 is 0 Å². The van der Waals surface area contributed by atoms with E-state index in [4.69, 9.17) is 0 Å².